The molecule has 0 amide bonds. The summed E-state index contributed by atoms with van der Waals surface area (Å²) in [5.41, 5.74) is 2.29. The monoisotopic (exact) mass is 234 g/mol. The summed E-state index contributed by atoms with van der Waals surface area (Å²) in [7, 11) is 0. The van der Waals surface area contributed by atoms with Crippen molar-refractivity contribution < 1.29 is 0 Å². The first-order valence-corrected chi connectivity index (χ1v) is 5.99. The minimum atomic E-state index is 1.06. The SMILES string of the molecule is c1ccc(N(c2ccccc2)c2ccc[nH]2)cc1. The van der Waals surface area contributed by atoms with Crippen LogP contribution in [0.5, 0.6) is 0 Å². The van der Waals surface area contributed by atoms with Gasteiger partial charge in [0, 0.05) is 17.6 Å². The Balaban J connectivity index is 2.11. The lowest BCUT2D eigenvalue weighted by Crippen LogP contribution is -2.09. The van der Waals surface area contributed by atoms with Crippen LogP contribution in [-0.2, 0) is 0 Å². The van der Waals surface area contributed by atoms with Crippen LogP contribution in [0.15, 0.2) is 79.0 Å². The Morgan fingerprint density at radius 1 is 0.611 bits per heavy atom. The fourth-order valence-corrected chi connectivity index (χ4v) is 2.04. The highest BCUT2D eigenvalue weighted by molar-refractivity contribution is 5.74. The standard InChI is InChI=1S/C16H14N2/c1-3-8-14(9-4-1)18(16-12-7-13-17-16)15-10-5-2-6-11-15/h1-13,17H. The van der Waals surface area contributed by atoms with Crippen molar-refractivity contribution in [3.8, 4) is 0 Å². The molecule has 18 heavy (non-hydrogen) atoms. The van der Waals surface area contributed by atoms with Gasteiger partial charge in [-0.2, -0.15) is 0 Å². The number of rotatable bonds is 3. The second-order valence-corrected chi connectivity index (χ2v) is 4.06. The molecule has 0 fully saturated rings. The summed E-state index contributed by atoms with van der Waals surface area (Å²) in [6.45, 7) is 0. The highest BCUT2D eigenvalue weighted by Crippen LogP contribution is 2.32. The maximum atomic E-state index is 3.26. The minimum absolute atomic E-state index is 1.06. The zero-order valence-corrected chi connectivity index (χ0v) is 9.95. The maximum Gasteiger partial charge on any atom is 0.114 e. The van der Waals surface area contributed by atoms with Crippen LogP contribution in [0.2, 0.25) is 0 Å². The summed E-state index contributed by atoms with van der Waals surface area (Å²) < 4.78 is 0. The summed E-state index contributed by atoms with van der Waals surface area (Å²) in [5, 5.41) is 0. The average Bonchev–Trinajstić information content (AvgIpc) is 2.95. The van der Waals surface area contributed by atoms with E-state index in [1.807, 2.05) is 48.7 Å². The van der Waals surface area contributed by atoms with Gasteiger partial charge in [0.1, 0.15) is 5.82 Å². The quantitative estimate of drug-likeness (QED) is 0.707. The molecular formula is C16H14N2. The number of aromatic amines is 1. The van der Waals surface area contributed by atoms with Crippen LogP contribution < -0.4 is 4.90 Å². The topological polar surface area (TPSA) is 19.0 Å². The Hall–Kier alpha value is -2.48. The summed E-state index contributed by atoms with van der Waals surface area (Å²) >= 11 is 0. The van der Waals surface area contributed by atoms with Crippen molar-refractivity contribution in [2.45, 2.75) is 0 Å². The fourth-order valence-electron chi connectivity index (χ4n) is 2.04. The third kappa shape index (κ3) is 2.00. The molecule has 0 spiro atoms. The van der Waals surface area contributed by atoms with Gasteiger partial charge >= 0.3 is 0 Å². The van der Waals surface area contributed by atoms with E-state index >= 15 is 0 Å². The van der Waals surface area contributed by atoms with Gasteiger partial charge in [0.15, 0.2) is 0 Å². The first kappa shape index (κ1) is 10.7. The highest BCUT2D eigenvalue weighted by Gasteiger charge is 2.11. The van der Waals surface area contributed by atoms with Crippen molar-refractivity contribution >= 4 is 17.2 Å². The molecule has 0 radical (unpaired) electrons. The first-order chi connectivity index (χ1) is 8.95. The van der Waals surface area contributed by atoms with Gasteiger partial charge in [-0.25, -0.2) is 0 Å². The van der Waals surface area contributed by atoms with E-state index < -0.39 is 0 Å². The van der Waals surface area contributed by atoms with E-state index in [2.05, 4.69) is 40.2 Å². The first-order valence-electron chi connectivity index (χ1n) is 5.99. The van der Waals surface area contributed by atoms with Crippen molar-refractivity contribution in [1.29, 1.82) is 0 Å². The molecule has 88 valence electrons. The van der Waals surface area contributed by atoms with Crippen LogP contribution in [0.3, 0.4) is 0 Å². The third-order valence-corrected chi connectivity index (χ3v) is 2.85. The van der Waals surface area contributed by atoms with E-state index in [1.165, 1.54) is 0 Å². The normalized spacial score (nSPS) is 10.2. The van der Waals surface area contributed by atoms with Gasteiger partial charge in [0.05, 0.1) is 0 Å². The second kappa shape index (κ2) is 4.80. The van der Waals surface area contributed by atoms with E-state index in [0.717, 1.165) is 17.2 Å². The minimum Gasteiger partial charge on any atom is -0.348 e. The van der Waals surface area contributed by atoms with Crippen LogP contribution in [0.4, 0.5) is 17.2 Å². The summed E-state index contributed by atoms with van der Waals surface area (Å²) in [6, 6.07) is 24.8. The van der Waals surface area contributed by atoms with E-state index in [1.54, 1.807) is 0 Å². The zero-order chi connectivity index (χ0) is 12.2. The highest BCUT2D eigenvalue weighted by atomic mass is 15.2. The van der Waals surface area contributed by atoms with Crippen molar-refractivity contribution in [2.75, 3.05) is 4.90 Å². The number of aromatic nitrogens is 1. The molecule has 2 nitrogen and oxygen atoms in total. The Labute approximate surface area is 107 Å². The predicted octanol–water partition coefficient (Wildman–Crippen LogP) is 4.48. The molecule has 2 heteroatoms. The Morgan fingerprint density at radius 3 is 1.61 bits per heavy atom. The molecule has 0 aliphatic heterocycles. The van der Waals surface area contributed by atoms with Crippen LogP contribution in [-0.4, -0.2) is 4.98 Å². The van der Waals surface area contributed by atoms with Crippen molar-refractivity contribution in [3.63, 3.8) is 0 Å². The van der Waals surface area contributed by atoms with Crippen LogP contribution in [0.1, 0.15) is 0 Å². The number of para-hydroxylation sites is 2. The van der Waals surface area contributed by atoms with E-state index in [9.17, 15) is 0 Å². The molecule has 0 saturated heterocycles. The lowest BCUT2D eigenvalue weighted by atomic mass is 10.2. The summed E-state index contributed by atoms with van der Waals surface area (Å²) in [6.07, 6.45) is 1.94. The number of hydrogen-bond acceptors (Lipinski definition) is 1. The van der Waals surface area contributed by atoms with Crippen LogP contribution in [0.25, 0.3) is 0 Å². The Morgan fingerprint density at radius 2 is 1.17 bits per heavy atom. The molecule has 0 unspecified atom stereocenters. The maximum absolute atomic E-state index is 3.26. The van der Waals surface area contributed by atoms with Gasteiger partial charge in [-0.1, -0.05) is 36.4 Å². The lowest BCUT2D eigenvalue weighted by molar-refractivity contribution is 1.21. The predicted molar refractivity (Wildman–Crippen MR) is 75.5 cm³/mol. The van der Waals surface area contributed by atoms with E-state index in [0.29, 0.717) is 0 Å². The van der Waals surface area contributed by atoms with Crippen LogP contribution >= 0.6 is 0 Å². The summed E-state index contributed by atoms with van der Waals surface area (Å²) in [4.78, 5) is 5.45. The number of hydrogen-bond donors (Lipinski definition) is 1. The summed E-state index contributed by atoms with van der Waals surface area (Å²) in [5.74, 6) is 1.06. The fraction of sp³-hybridized carbons (Fsp3) is 0. The molecule has 1 heterocycles. The molecule has 3 rings (SSSR count). The van der Waals surface area contributed by atoms with Gasteiger partial charge in [0.25, 0.3) is 0 Å². The lowest BCUT2D eigenvalue weighted by Gasteiger charge is -2.23. The number of nitrogens with zero attached hydrogens (tertiary/aromatic N) is 1. The molecule has 1 N–H and O–H groups in total. The molecule has 0 saturated carbocycles. The molecular weight excluding hydrogens is 220 g/mol. The largest absolute Gasteiger partial charge is 0.348 e. The molecule has 2 aromatic carbocycles. The molecule has 0 atom stereocenters. The molecule has 0 bridgehead atoms. The Kier molecular flexibility index (Phi) is 2.84. The van der Waals surface area contributed by atoms with Crippen molar-refractivity contribution in [1.82, 2.24) is 4.98 Å². The van der Waals surface area contributed by atoms with Crippen molar-refractivity contribution in [2.24, 2.45) is 0 Å². The van der Waals surface area contributed by atoms with Crippen molar-refractivity contribution in [3.05, 3.63) is 79.0 Å². The van der Waals surface area contributed by atoms with E-state index in [-0.39, 0.29) is 0 Å². The van der Waals surface area contributed by atoms with E-state index in [4.69, 9.17) is 0 Å². The van der Waals surface area contributed by atoms with Gasteiger partial charge in [-0.3, -0.25) is 4.90 Å². The smallest absolute Gasteiger partial charge is 0.114 e. The number of anilines is 3. The Bertz CT molecular complexity index is 546. The molecule has 0 aliphatic carbocycles. The third-order valence-electron chi connectivity index (χ3n) is 2.85. The number of nitrogens with one attached hydrogen (secondary N) is 1. The zero-order valence-electron chi connectivity index (χ0n) is 9.95. The number of H-pyrrole nitrogens is 1. The molecule has 1 aromatic heterocycles. The van der Waals surface area contributed by atoms with Gasteiger partial charge in [-0.05, 0) is 36.4 Å². The van der Waals surface area contributed by atoms with Gasteiger partial charge in [0.2, 0.25) is 0 Å². The molecule has 3 aromatic rings. The molecule has 0 aliphatic rings. The number of benzene rings is 2. The van der Waals surface area contributed by atoms with Crippen LogP contribution in [0, 0.1) is 0 Å². The van der Waals surface area contributed by atoms with Gasteiger partial charge in [-0.15, -0.1) is 0 Å². The average molecular weight is 234 g/mol. The van der Waals surface area contributed by atoms with Gasteiger partial charge < -0.3 is 4.98 Å². The second-order valence-electron chi connectivity index (χ2n) is 4.06.